The molecule has 3 rings (SSSR count). The summed E-state index contributed by atoms with van der Waals surface area (Å²) in [6.45, 7) is 4.34. The molecule has 216 valence electrons. The molecule has 0 spiro atoms. The van der Waals surface area contributed by atoms with Crippen LogP contribution >= 0.6 is 7.37 Å². The van der Waals surface area contributed by atoms with Crippen molar-refractivity contribution in [1.29, 1.82) is 0 Å². The lowest BCUT2D eigenvalue weighted by atomic mass is 9.96. The number of benzene rings is 2. The summed E-state index contributed by atoms with van der Waals surface area (Å²) >= 11 is 0. The van der Waals surface area contributed by atoms with E-state index in [9.17, 15) is 23.7 Å². The highest BCUT2D eigenvalue weighted by Gasteiger charge is 2.52. The Balaban J connectivity index is 2.05. The fraction of sp³-hybridized carbons (Fsp3) is 0.429. The molecule has 1 aliphatic heterocycles. The number of rotatable bonds is 11. The highest BCUT2D eigenvalue weighted by atomic mass is 31.2. The van der Waals surface area contributed by atoms with Crippen LogP contribution in [0.5, 0.6) is 0 Å². The minimum absolute atomic E-state index is 0.0373. The predicted molar refractivity (Wildman–Crippen MR) is 143 cm³/mol. The lowest BCUT2D eigenvalue weighted by Crippen LogP contribution is -2.66. The van der Waals surface area contributed by atoms with E-state index in [1.165, 1.54) is 13.8 Å². The summed E-state index contributed by atoms with van der Waals surface area (Å²) in [5.41, 5.74) is 1.50. The van der Waals surface area contributed by atoms with Crippen molar-refractivity contribution in [2.24, 2.45) is 0 Å². The van der Waals surface area contributed by atoms with Gasteiger partial charge in [-0.15, -0.1) is 0 Å². The fourth-order valence-electron chi connectivity index (χ4n) is 4.42. The molecule has 0 bridgehead atoms. The largest absolute Gasteiger partial charge is 0.463 e. The molecular weight excluding hydrogens is 541 g/mol. The molecule has 1 fully saturated rings. The van der Waals surface area contributed by atoms with E-state index in [4.69, 9.17) is 23.5 Å². The fourth-order valence-corrected chi connectivity index (χ4v) is 6.78. The zero-order chi connectivity index (χ0) is 29.3. The molecule has 40 heavy (non-hydrogen) atoms. The summed E-state index contributed by atoms with van der Waals surface area (Å²) in [6, 6.07) is 17.0. The van der Waals surface area contributed by atoms with E-state index in [0.717, 1.165) is 25.0 Å². The number of ether oxygens (including phenoxy) is 4. The van der Waals surface area contributed by atoms with Gasteiger partial charge in [-0.05, 0) is 11.1 Å². The molecule has 1 N–H and O–H groups in total. The first-order valence-corrected chi connectivity index (χ1v) is 14.7. The van der Waals surface area contributed by atoms with Crippen molar-refractivity contribution in [3.63, 3.8) is 0 Å². The first-order chi connectivity index (χ1) is 19.0. The van der Waals surface area contributed by atoms with Crippen molar-refractivity contribution >= 4 is 31.2 Å². The lowest BCUT2D eigenvalue weighted by Gasteiger charge is -2.45. The molecule has 1 amide bonds. The van der Waals surface area contributed by atoms with Crippen molar-refractivity contribution in [1.82, 2.24) is 5.32 Å². The molecule has 0 saturated carbocycles. The Hall–Kier alpha value is -3.53. The maximum atomic E-state index is 14.5. The molecule has 2 aromatic rings. The molecular formula is C28H34NO10P. The van der Waals surface area contributed by atoms with Crippen molar-refractivity contribution in [3.8, 4) is 0 Å². The van der Waals surface area contributed by atoms with Crippen LogP contribution in [0.25, 0.3) is 0 Å². The third kappa shape index (κ3) is 9.29. The maximum Gasteiger partial charge on any atom is 0.303 e. The quantitative estimate of drug-likeness (QED) is 0.241. The van der Waals surface area contributed by atoms with Crippen LogP contribution in [-0.4, -0.2) is 61.1 Å². The normalized spacial score (nSPS) is 22.6. The number of hydrogen-bond acceptors (Lipinski definition) is 10. The summed E-state index contributed by atoms with van der Waals surface area (Å²) in [6.07, 6.45) is -5.12. The van der Waals surface area contributed by atoms with Gasteiger partial charge in [0.25, 0.3) is 0 Å². The highest BCUT2D eigenvalue weighted by molar-refractivity contribution is 7.57. The van der Waals surface area contributed by atoms with Gasteiger partial charge in [-0.2, -0.15) is 0 Å². The minimum Gasteiger partial charge on any atom is -0.463 e. The van der Waals surface area contributed by atoms with Crippen LogP contribution in [0, 0.1) is 0 Å². The van der Waals surface area contributed by atoms with Gasteiger partial charge in [0.05, 0.1) is 12.3 Å². The molecule has 0 radical (unpaired) electrons. The summed E-state index contributed by atoms with van der Waals surface area (Å²) in [5, 5.41) is 2.64. The molecule has 1 unspecified atom stereocenters. The second-order valence-electron chi connectivity index (χ2n) is 9.43. The maximum absolute atomic E-state index is 14.5. The first-order valence-electron chi connectivity index (χ1n) is 12.7. The van der Waals surface area contributed by atoms with Crippen molar-refractivity contribution in [2.45, 2.75) is 70.7 Å². The molecule has 1 heterocycles. The number of nitrogens with one attached hydrogen (secondary N) is 1. The van der Waals surface area contributed by atoms with Crippen LogP contribution in [0.4, 0.5) is 0 Å². The van der Waals surface area contributed by atoms with Gasteiger partial charge in [-0.3, -0.25) is 28.3 Å². The van der Waals surface area contributed by atoms with Crippen LogP contribution in [-0.2, 0) is 59.5 Å². The van der Waals surface area contributed by atoms with E-state index in [2.05, 4.69) is 5.32 Å². The Labute approximate surface area is 232 Å². The average molecular weight is 576 g/mol. The standard InChI is InChI=1S/C28H34NO10P/c1-18(30)29-25-27(37-21(4)33)26(36-20(3)32)24(15-35-19(2)31)38-28(25)39-40(34,16-22-11-7-5-8-12-22)17-23-13-9-6-10-14-23/h5-14,24-28H,15-17H2,1-4H3,(H,29,30)/t24-,25-,26-,27-,28?/m1/s1. The van der Waals surface area contributed by atoms with Gasteiger partial charge < -0.3 is 24.3 Å². The van der Waals surface area contributed by atoms with Crippen LogP contribution in [0.2, 0.25) is 0 Å². The number of hydrogen-bond donors (Lipinski definition) is 1. The highest BCUT2D eigenvalue weighted by Crippen LogP contribution is 2.55. The Bertz CT molecular complexity index is 1180. The van der Waals surface area contributed by atoms with Crippen LogP contribution < -0.4 is 5.32 Å². The summed E-state index contributed by atoms with van der Waals surface area (Å²) in [7, 11) is -3.62. The number of amides is 1. The van der Waals surface area contributed by atoms with Crippen LogP contribution in [0.15, 0.2) is 60.7 Å². The van der Waals surface area contributed by atoms with E-state index in [1.807, 2.05) is 60.7 Å². The Morgan fingerprint density at radius 2 is 1.27 bits per heavy atom. The molecule has 0 aliphatic carbocycles. The molecule has 0 aromatic heterocycles. The zero-order valence-electron chi connectivity index (χ0n) is 22.8. The van der Waals surface area contributed by atoms with E-state index in [-0.39, 0.29) is 18.9 Å². The zero-order valence-corrected chi connectivity index (χ0v) is 23.7. The first kappa shape index (κ1) is 31.0. The van der Waals surface area contributed by atoms with Crippen molar-refractivity contribution in [2.75, 3.05) is 6.61 Å². The van der Waals surface area contributed by atoms with Gasteiger partial charge in [0.15, 0.2) is 18.5 Å². The molecule has 2 aromatic carbocycles. The third-order valence-corrected chi connectivity index (χ3v) is 8.19. The van der Waals surface area contributed by atoms with Gasteiger partial charge in [-0.25, -0.2) is 0 Å². The van der Waals surface area contributed by atoms with Gasteiger partial charge in [-0.1, -0.05) is 60.7 Å². The smallest absolute Gasteiger partial charge is 0.303 e. The van der Waals surface area contributed by atoms with E-state index >= 15 is 0 Å². The second-order valence-corrected chi connectivity index (χ2v) is 11.9. The summed E-state index contributed by atoms with van der Waals surface area (Å²) in [4.78, 5) is 48.0. The predicted octanol–water partition coefficient (Wildman–Crippen LogP) is 3.34. The SMILES string of the molecule is CC(=O)N[C@H]1C(OP(=O)(Cc2ccccc2)Cc2ccccc2)O[C@H](COC(C)=O)[C@@H](OC(C)=O)[C@@H]1OC(C)=O. The number of carbonyl (C=O) groups excluding carboxylic acids is 4. The van der Waals surface area contributed by atoms with Gasteiger partial charge >= 0.3 is 17.9 Å². The van der Waals surface area contributed by atoms with Crippen molar-refractivity contribution < 1.29 is 47.2 Å². The Kier molecular flexibility index (Phi) is 11.0. The summed E-state index contributed by atoms with van der Waals surface area (Å²) < 4.78 is 42.9. The lowest BCUT2D eigenvalue weighted by molar-refractivity contribution is -0.257. The van der Waals surface area contributed by atoms with E-state index < -0.39 is 61.8 Å². The second kappa shape index (κ2) is 14.2. The number of carbonyl (C=O) groups is 4. The van der Waals surface area contributed by atoms with Crippen molar-refractivity contribution in [3.05, 3.63) is 71.8 Å². The molecule has 11 nitrogen and oxygen atoms in total. The summed E-state index contributed by atoms with van der Waals surface area (Å²) in [5.74, 6) is -2.62. The van der Waals surface area contributed by atoms with Gasteiger partial charge in [0.2, 0.25) is 13.3 Å². The molecule has 1 saturated heterocycles. The van der Waals surface area contributed by atoms with Crippen LogP contribution in [0.3, 0.4) is 0 Å². The number of esters is 3. The van der Waals surface area contributed by atoms with Gasteiger partial charge in [0, 0.05) is 27.7 Å². The molecule has 1 aliphatic rings. The molecule has 5 atom stereocenters. The molecule has 12 heteroatoms. The Morgan fingerprint density at radius 1 is 0.775 bits per heavy atom. The van der Waals surface area contributed by atoms with Gasteiger partial charge in [0.1, 0.15) is 18.8 Å². The van der Waals surface area contributed by atoms with E-state index in [0.29, 0.717) is 0 Å². The van der Waals surface area contributed by atoms with Crippen LogP contribution in [0.1, 0.15) is 38.8 Å². The average Bonchev–Trinajstić information content (AvgIpc) is 2.86. The minimum atomic E-state index is -3.62. The Morgan fingerprint density at radius 3 is 1.73 bits per heavy atom. The third-order valence-electron chi connectivity index (χ3n) is 5.90. The monoisotopic (exact) mass is 575 g/mol. The topological polar surface area (TPSA) is 144 Å². The van der Waals surface area contributed by atoms with E-state index in [1.54, 1.807) is 0 Å².